The minimum absolute atomic E-state index is 0.0225. The van der Waals surface area contributed by atoms with Crippen LogP contribution in [0.25, 0.3) is 0 Å². The molecule has 1 aliphatic heterocycles. The normalized spacial score (nSPS) is 18.6. The molecular weight excluding hydrogens is 284 g/mol. The van der Waals surface area contributed by atoms with Gasteiger partial charge >= 0.3 is 0 Å². The summed E-state index contributed by atoms with van der Waals surface area (Å²) in [7, 11) is 0. The lowest BCUT2D eigenvalue weighted by molar-refractivity contribution is -0.384. The van der Waals surface area contributed by atoms with Crippen LogP contribution >= 0.6 is 0 Å². The Hall–Kier alpha value is -2.15. The number of nitrogens with one attached hydrogen (secondary N) is 2. The monoisotopic (exact) mass is 304 g/mol. The molecule has 118 valence electrons. The Kier molecular flexibility index (Phi) is 4.24. The van der Waals surface area contributed by atoms with Gasteiger partial charge in [0, 0.05) is 37.3 Å². The first-order valence-electron chi connectivity index (χ1n) is 7.70. The van der Waals surface area contributed by atoms with Crippen LogP contribution in [0.3, 0.4) is 0 Å². The highest BCUT2D eigenvalue weighted by atomic mass is 16.6. The summed E-state index contributed by atoms with van der Waals surface area (Å²) in [5, 5.41) is 17.6. The highest BCUT2D eigenvalue weighted by Crippen LogP contribution is 2.31. The highest BCUT2D eigenvalue weighted by Gasteiger charge is 2.26. The second kappa shape index (κ2) is 6.31. The van der Waals surface area contributed by atoms with E-state index >= 15 is 0 Å². The summed E-state index contributed by atoms with van der Waals surface area (Å²) in [5.74, 6) is -0.134. The number of nitro groups is 1. The first kappa shape index (κ1) is 14.8. The zero-order chi connectivity index (χ0) is 15.5. The lowest BCUT2D eigenvalue weighted by Crippen LogP contribution is -2.34. The van der Waals surface area contributed by atoms with E-state index in [2.05, 4.69) is 10.6 Å². The van der Waals surface area contributed by atoms with E-state index in [-0.39, 0.29) is 11.6 Å². The van der Waals surface area contributed by atoms with Crippen molar-refractivity contribution in [2.75, 3.05) is 31.5 Å². The molecule has 1 aromatic carbocycles. The van der Waals surface area contributed by atoms with Crippen LogP contribution < -0.4 is 10.6 Å². The van der Waals surface area contributed by atoms with E-state index in [9.17, 15) is 14.9 Å². The fourth-order valence-electron chi connectivity index (χ4n) is 2.62. The second-order valence-corrected chi connectivity index (χ2v) is 5.80. The minimum atomic E-state index is -0.425. The SMILES string of the molecule is O=C(c1ccc(NC2CC2)c([N+](=O)[O-])c1)N1CCCNCC1. The van der Waals surface area contributed by atoms with Crippen molar-refractivity contribution < 1.29 is 9.72 Å². The number of hydrogen-bond donors (Lipinski definition) is 2. The first-order valence-corrected chi connectivity index (χ1v) is 7.70. The largest absolute Gasteiger partial charge is 0.377 e. The van der Waals surface area contributed by atoms with E-state index < -0.39 is 4.92 Å². The van der Waals surface area contributed by atoms with E-state index in [0.717, 1.165) is 32.4 Å². The van der Waals surface area contributed by atoms with E-state index in [0.29, 0.717) is 30.4 Å². The van der Waals surface area contributed by atoms with Crippen molar-refractivity contribution >= 4 is 17.3 Å². The van der Waals surface area contributed by atoms with Crippen molar-refractivity contribution in [1.82, 2.24) is 10.2 Å². The van der Waals surface area contributed by atoms with Crippen LogP contribution in [0, 0.1) is 10.1 Å². The average Bonchev–Trinajstić information content (AvgIpc) is 3.33. The van der Waals surface area contributed by atoms with Gasteiger partial charge < -0.3 is 15.5 Å². The van der Waals surface area contributed by atoms with Crippen molar-refractivity contribution in [2.24, 2.45) is 0 Å². The molecule has 7 nitrogen and oxygen atoms in total. The zero-order valence-corrected chi connectivity index (χ0v) is 12.4. The van der Waals surface area contributed by atoms with Crippen LogP contribution in [-0.4, -0.2) is 48.0 Å². The minimum Gasteiger partial charge on any atom is -0.377 e. The Bertz CT molecular complexity index is 578. The van der Waals surface area contributed by atoms with E-state index in [1.807, 2.05) is 0 Å². The number of rotatable bonds is 4. The lowest BCUT2D eigenvalue weighted by Gasteiger charge is -2.20. The number of hydrogen-bond acceptors (Lipinski definition) is 5. The number of carbonyl (C=O) groups is 1. The summed E-state index contributed by atoms with van der Waals surface area (Å²) in [5.41, 5.74) is 0.863. The Morgan fingerprint density at radius 1 is 1.32 bits per heavy atom. The third-order valence-electron chi connectivity index (χ3n) is 4.01. The van der Waals surface area contributed by atoms with Gasteiger partial charge in [0.1, 0.15) is 5.69 Å². The molecule has 0 atom stereocenters. The molecule has 0 spiro atoms. The van der Waals surface area contributed by atoms with Gasteiger partial charge in [0.2, 0.25) is 0 Å². The first-order chi connectivity index (χ1) is 10.6. The van der Waals surface area contributed by atoms with Crippen molar-refractivity contribution in [3.05, 3.63) is 33.9 Å². The van der Waals surface area contributed by atoms with Gasteiger partial charge in [-0.3, -0.25) is 14.9 Å². The molecule has 1 aliphatic carbocycles. The molecule has 3 rings (SSSR count). The highest BCUT2D eigenvalue weighted by molar-refractivity contribution is 5.95. The molecular formula is C15H20N4O3. The van der Waals surface area contributed by atoms with Crippen LogP contribution in [0.15, 0.2) is 18.2 Å². The quantitative estimate of drug-likeness (QED) is 0.652. The summed E-state index contributed by atoms with van der Waals surface area (Å²) in [6.07, 6.45) is 2.98. The van der Waals surface area contributed by atoms with Gasteiger partial charge in [-0.05, 0) is 37.9 Å². The Balaban J connectivity index is 1.81. The maximum absolute atomic E-state index is 12.5. The summed E-state index contributed by atoms with van der Waals surface area (Å²) < 4.78 is 0. The molecule has 1 saturated carbocycles. The Morgan fingerprint density at radius 2 is 2.14 bits per heavy atom. The van der Waals surface area contributed by atoms with Gasteiger partial charge in [-0.1, -0.05) is 0 Å². The predicted octanol–water partition coefficient (Wildman–Crippen LogP) is 1.60. The third-order valence-corrected chi connectivity index (χ3v) is 4.01. The molecule has 2 fully saturated rings. The molecule has 2 aliphatic rings. The van der Waals surface area contributed by atoms with Crippen molar-refractivity contribution in [2.45, 2.75) is 25.3 Å². The molecule has 0 aromatic heterocycles. The molecule has 1 aromatic rings. The second-order valence-electron chi connectivity index (χ2n) is 5.80. The van der Waals surface area contributed by atoms with Crippen LogP contribution in [-0.2, 0) is 0 Å². The molecule has 1 amide bonds. The smallest absolute Gasteiger partial charge is 0.293 e. The summed E-state index contributed by atoms with van der Waals surface area (Å²) in [6, 6.07) is 5.06. The van der Waals surface area contributed by atoms with Gasteiger partial charge in [0.25, 0.3) is 11.6 Å². The topological polar surface area (TPSA) is 87.5 Å². The standard InChI is InChI=1S/C15H20N4O3/c20-15(18-8-1-6-16-7-9-18)11-2-5-13(17-12-3-4-12)14(10-11)19(21)22/h2,5,10,12,16-17H,1,3-4,6-9H2. The van der Waals surface area contributed by atoms with Gasteiger partial charge in [-0.25, -0.2) is 0 Å². The maximum atomic E-state index is 12.5. The number of amides is 1. The van der Waals surface area contributed by atoms with E-state index in [4.69, 9.17) is 0 Å². The molecule has 0 radical (unpaired) electrons. The predicted molar refractivity (Wildman–Crippen MR) is 83.1 cm³/mol. The number of anilines is 1. The molecule has 1 heterocycles. The molecule has 2 N–H and O–H groups in total. The Morgan fingerprint density at radius 3 is 2.86 bits per heavy atom. The molecule has 22 heavy (non-hydrogen) atoms. The fourth-order valence-corrected chi connectivity index (χ4v) is 2.62. The fraction of sp³-hybridized carbons (Fsp3) is 0.533. The Labute approximate surface area is 128 Å². The molecule has 1 saturated heterocycles. The number of nitro benzene ring substituents is 1. The van der Waals surface area contributed by atoms with Crippen molar-refractivity contribution in [3.8, 4) is 0 Å². The van der Waals surface area contributed by atoms with Gasteiger partial charge in [0.15, 0.2) is 0 Å². The van der Waals surface area contributed by atoms with E-state index in [1.165, 1.54) is 6.07 Å². The van der Waals surface area contributed by atoms with Crippen LogP contribution in [0.5, 0.6) is 0 Å². The van der Waals surface area contributed by atoms with Crippen molar-refractivity contribution in [1.29, 1.82) is 0 Å². The molecule has 0 unspecified atom stereocenters. The number of carbonyl (C=O) groups excluding carboxylic acids is 1. The molecule has 0 bridgehead atoms. The van der Waals surface area contributed by atoms with Crippen molar-refractivity contribution in [3.63, 3.8) is 0 Å². The number of nitrogens with zero attached hydrogens (tertiary/aromatic N) is 2. The van der Waals surface area contributed by atoms with Crippen LogP contribution in [0.4, 0.5) is 11.4 Å². The number of benzene rings is 1. The summed E-state index contributed by atoms with van der Waals surface area (Å²) in [6.45, 7) is 2.97. The van der Waals surface area contributed by atoms with E-state index in [1.54, 1.807) is 17.0 Å². The average molecular weight is 304 g/mol. The molecule has 7 heteroatoms. The third kappa shape index (κ3) is 3.36. The zero-order valence-electron chi connectivity index (χ0n) is 12.4. The summed E-state index contributed by atoms with van der Waals surface area (Å²) in [4.78, 5) is 25.1. The van der Waals surface area contributed by atoms with Crippen LogP contribution in [0.2, 0.25) is 0 Å². The summed E-state index contributed by atoms with van der Waals surface area (Å²) >= 11 is 0. The van der Waals surface area contributed by atoms with Gasteiger partial charge in [0.05, 0.1) is 4.92 Å². The van der Waals surface area contributed by atoms with Crippen LogP contribution in [0.1, 0.15) is 29.6 Å². The maximum Gasteiger partial charge on any atom is 0.293 e. The van der Waals surface area contributed by atoms with Gasteiger partial charge in [-0.2, -0.15) is 0 Å². The van der Waals surface area contributed by atoms with Gasteiger partial charge in [-0.15, -0.1) is 0 Å². The lowest BCUT2D eigenvalue weighted by atomic mass is 10.1.